The molecule has 1 atom stereocenters. The fourth-order valence-corrected chi connectivity index (χ4v) is 4.21. The van der Waals surface area contributed by atoms with E-state index in [9.17, 15) is 19.5 Å². The summed E-state index contributed by atoms with van der Waals surface area (Å²) in [6.45, 7) is 6.31. The van der Waals surface area contributed by atoms with E-state index in [0.29, 0.717) is 22.4 Å². The lowest BCUT2D eigenvalue weighted by Gasteiger charge is -2.26. The van der Waals surface area contributed by atoms with Crippen LogP contribution < -0.4 is 4.90 Å². The average Bonchev–Trinajstić information content (AvgIpc) is 3.13. The van der Waals surface area contributed by atoms with Gasteiger partial charge in [0.1, 0.15) is 5.76 Å². The molecule has 1 fully saturated rings. The van der Waals surface area contributed by atoms with Crippen molar-refractivity contribution in [1.29, 1.82) is 0 Å². The van der Waals surface area contributed by atoms with Crippen molar-refractivity contribution < 1.29 is 24.2 Å². The number of methoxy groups -OCH3 is 1. The Balaban J connectivity index is 1.89. The summed E-state index contributed by atoms with van der Waals surface area (Å²) in [6, 6.07) is 21.8. The summed E-state index contributed by atoms with van der Waals surface area (Å²) in [6.07, 6.45) is 0. The van der Waals surface area contributed by atoms with Crippen LogP contribution in [0.25, 0.3) is 5.76 Å². The Bertz CT molecular complexity index is 1300. The minimum Gasteiger partial charge on any atom is -0.507 e. The predicted molar refractivity (Wildman–Crippen MR) is 134 cm³/mol. The van der Waals surface area contributed by atoms with Crippen molar-refractivity contribution in [3.63, 3.8) is 0 Å². The number of nitrogens with zero attached hydrogens (tertiary/aromatic N) is 1. The van der Waals surface area contributed by atoms with Crippen LogP contribution in [0, 0.1) is 0 Å². The Kier molecular flexibility index (Phi) is 6.31. The fraction of sp³-hybridized carbons (Fsp3) is 0.207. The van der Waals surface area contributed by atoms with E-state index in [-0.39, 0.29) is 16.7 Å². The number of carbonyl (C=O) groups excluding carboxylic acids is 3. The van der Waals surface area contributed by atoms with Gasteiger partial charge in [0.15, 0.2) is 0 Å². The molecular weight excluding hydrogens is 442 g/mol. The number of aliphatic hydroxyl groups excluding tert-OH is 1. The molecule has 0 spiro atoms. The van der Waals surface area contributed by atoms with Gasteiger partial charge < -0.3 is 9.84 Å². The lowest BCUT2D eigenvalue weighted by atomic mass is 9.85. The molecule has 3 aromatic rings. The zero-order valence-corrected chi connectivity index (χ0v) is 20.1. The van der Waals surface area contributed by atoms with Crippen molar-refractivity contribution >= 4 is 29.1 Å². The second kappa shape index (κ2) is 9.22. The zero-order chi connectivity index (χ0) is 25.3. The molecule has 35 heavy (non-hydrogen) atoms. The number of hydrogen-bond acceptors (Lipinski definition) is 5. The fourth-order valence-electron chi connectivity index (χ4n) is 4.21. The van der Waals surface area contributed by atoms with Gasteiger partial charge in [-0.3, -0.25) is 14.5 Å². The van der Waals surface area contributed by atoms with E-state index in [1.807, 2.05) is 24.3 Å². The van der Waals surface area contributed by atoms with Gasteiger partial charge in [-0.25, -0.2) is 4.79 Å². The Morgan fingerprint density at radius 1 is 0.857 bits per heavy atom. The molecule has 1 aliphatic heterocycles. The molecule has 4 rings (SSSR count). The van der Waals surface area contributed by atoms with Gasteiger partial charge in [-0.1, -0.05) is 75.4 Å². The van der Waals surface area contributed by atoms with E-state index in [0.717, 1.165) is 5.56 Å². The molecule has 6 heteroatoms. The third-order valence-corrected chi connectivity index (χ3v) is 6.15. The van der Waals surface area contributed by atoms with E-state index in [2.05, 4.69) is 20.8 Å². The van der Waals surface area contributed by atoms with E-state index in [1.165, 1.54) is 24.1 Å². The van der Waals surface area contributed by atoms with Gasteiger partial charge in [0, 0.05) is 11.3 Å². The molecule has 1 N–H and O–H groups in total. The number of anilines is 1. The SMILES string of the molecule is COC(=O)c1ccc(N2C(=O)C(=O)/C(=C(/O)c3ccccc3)C2c2ccc(C(C)(C)C)cc2)cc1. The predicted octanol–water partition coefficient (Wildman–Crippen LogP) is 5.40. The standard InChI is InChI=1S/C29H27NO5/c1-29(2,3)21-14-10-18(11-15-21)24-23(25(31)19-8-6-5-7-9-19)26(32)27(33)30(24)22-16-12-20(13-17-22)28(34)35-4/h5-17,24,31H,1-4H3/b25-23+. The monoisotopic (exact) mass is 469 g/mol. The molecule has 0 saturated carbocycles. The molecule has 3 aromatic carbocycles. The number of hydrogen-bond donors (Lipinski definition) is 1. The first-order valence-corrected chi connectivity index (χ1v) is 11.3. The molecule has 0 aliphatic carbocycles. The highest BCUT2D eigenvalue weighted by molar-refractivity contribution is 6.51. The number of esters is 1. The number of benzene rings is 3. The molecular formula is C29H27NO5. The number of ketones is 1. The molecule has 1 saturated heterocycles. The highest BCUT2D eigenvalue weighted by Crippen LogP contribution is 2.42. The molecule has 1 unspecified atom stereocenters. The number of Topliss-reactive ketones (excluding diaryl/α,β-unsaturated/α-hetero) is 1. The van der Waals surface area contributed by atoms with Crippen LogP contribution >= 0.6 is 0 Å². The molecule has 1 heterocycles. The van der Waals surface area contributed by atoms with Crippen molar-refractivity contribution in [1.82, 2.24) is 0 Å². The van der Waals surface area contributed by atoms with Crippen LogP contribution in [-0.2, 0) is 19.7 Å². The van der Waals surface area contributed by atoms with Crippen molar-refractivity contribution in [2.45, 2.75) is 32.2 Å². The first kappa shape index (κ1) is 24.0. The second-order valence-corrected chi connectivity index (χ2v) is 9.45. The van der Waals surface area contributed by atoms with Crippen molar-refractivity contribution in [3.05, 3.63) is 107 Å². The molecule has 0 aromatic heterocycles. The van der Waals surface area contributed by atoms with Crippen LogP contribution in [0.15, 0.2) is 84.4 Å². The molecule has 6 nitrogen and oxygen atoms in total. The van der Waals surface area contributed by atoms with Crippen LogP contribution in [0.4, 0.5) is 5.69 Å². The minimum atomic E-state index is -0.840. The van der Waals surface area contributed by atoms with Crippen LogP contribution in [0.1, 0.15) is 53.9 Å². The topological polar surface area (TPSA) is 83.9 Å². The summed E-state index contributed by atoms with van der Waals surface area (Å²) in [4.78, 5) is 39.8. The lowest BCUT2D eigenvalue weighted by molar-refractivity contribution is -0.132. The summed E-state index contributed by atoms with van der Waals surface area (Å²) in [5.74, 6) is -2.26. The third kappa shape index (κ3) is 4.47. The molecule has 178 valence electrons. The number of aliphatic hydroxyl groups is 1. The maximum Gasteiger partial charge on any atom is 0.337 e. The zero-order valence-electron chi connectivity index (χ0n) is 20.1. The van der Waals surface area contributed by atoms with Gasteiger partial charge in [-0.05, 0) is 40.8 Å². The van der Waals surface area contributed by atoms with Gasteiger partial charge in [0.05, 0.1) is 24.3 Å². The Morgan fingerprint density at radius 2 is 1.46 bits per heavy atom. The number of amides is 1. The first-order valence-electron chi connectivity index (χ1n) is 11.3. The maximum absolute atomic E-state index is 13.3. The van der Waals surface area contributed by atoms with Crippen LogP contribution in [0.5, 0.6) is 0 Å². The third-order valence-electron chi connectivity index (χ3n) is 6.15. The van der Waals surface area contributed by atoms with Gasteiger partial charge in [0.25, 0.3) is 11.7 Å². The summed E-state index contributed by atoms with van der Waals surface area (Å²) in [7, 11) is 1.29. The Hall–Kier alpha value is -4.19. The van der Waals surface area contributed by atoms with Crippen LogP contribution in [0.3, 0.4) is 0 Å². The van der Waals surface area contributed by atoms with Crippen LogP contribution in [-0.4, -0.2) is 29.9 Å². The Labute approximate surface area is 204 Å². The normalized spacial score (nSPS) is 17.5. The van der Waals surface area contributed by atoms with E-state index < -0.39 is 23.7 Å². The molecule has 0 radical (unpaired) electrons. The van der Waals surface area contributed by atoms with Gasteiger partial charge in [-0.2, -0.15) is 0 Å². The first-order chi connectivity index (χ1) is 16.6. The summed E-state index contributed by atoms with van der Waals surface area (Å²) in [5.41, 5.74) is 2.92. The maximum atomic E-state index is 13.3. The number of ether oxygens (including phenoxy) is 1. The van der Waals surface area contributed by atoms with E-state index >= 15 is 0 Å². The number of carbonyl (C=O) groups is 3. The second-order valence-electron chi connectivity index (χ2n) is 9.45. The van der Waals surface area contributed by atoms with Crippen molar-refractivity contribution in [2.75, 3.05) is 12.0 Å². The highest BCUT2D eigenvalue weighted by Gasteiger charge is 2.47. The smallest absolute Gasteiger partial charge is 0.337 e. The van der Waals surface area contributed by atoms with Crippen LogP contribution in [0.2, 0.25) is 0 Å². The van der Waals surface area contributed by atoms with Gasteiger partial charge >= 0.3 is 5.97 Å². The molecule has 1 amide bonds. The quantitative estimate of drug-likeness (QED) is 0.239. The highest BCUT2D eigenvalue weighted by atomic mass is 16.5. The lowest BCUT2D eigenvalue weighted by Crippen LogP contribution is -2.29. The van der Waals surface area contributed by atoms with E-state index in [1.54, 1.807) is 42.5 Å². The Morgan fingerprint density at radius 3 is 2.00 bits per heavy atom. The van der Waals surface area contributed by atoms with Gasteiger partial charge in [0.2, 0.25) is 0 Å². The summed E-state index contributed by atoms with van der Waals surface area (Å²) in [5, 5.41) is 11.2. The minimum absolute atomic E-state index is 0.0155. The largest absolute Gasteiger partial charge is 0.507 e. The van der Waals surface area contributed by atoms with Gasteiger partial charge in [-0.15, -0.1) is 0 Å². The molecule has 0 bridgehead atoms. The molecule has 1 aliphatic rings. The number of rotatable bonds is 4. The van der Waals surface area contributed by atoms with Crippen molar-refractivity contribution in [2.24, 2.45) is 0 Å². The van der Waals surface area contributed by atoms with Crippen molar-refractivity contribution in [3.8, 4) is 0 Å². The summed E-state index contributed by atoms with van der Waals surface area (Å²) < 4.78 is 4.75. The van der Waals surface area contributed by atoms with E-state index in [4.69, 9.17) is 4.74 Å². The summed E-state index contributed by atoms with van der Waals surface area (Å²) >= 11 is 0. The average molecular weight is 470 g/mol.